The number of ether oxygens (including phenoxy) is 1. The normalized spacial score (nSPS) is 24.0. The number of carbonyl (C=O) groups is 1. The number of imidazole rings is 1. The van der Waals surface area contributed by atoms with Crippen LogP contribution in [0.2, 0.25) is 0 Å². The lowest BCUT2D eigenvalue weighted by Crippen LogP contribution is -2.41. The molecule has 4 atom stereocenters. The molecule has 152 valence electrons. The van der Waals surface area contributed by atoms with E-state index >= 15 is 0 Å². The van der Waals surface area contributed by atoms with E-state index in [0.29, 0.717) is 29.2 Å². The molecular weight excluding hydrogens is 378 g/mol. The summed E-state index contributed by atoms with van der Waals surface area (Å²) >= 11 is 0. The van der Waals surface area contributed by atoms with Gasteiger partial charge in [-0.3, -0.25) is 9.36 Å². The van der Waals surface area contributed by atoms with Gasteiger partial charge in [-0.15, -0.1) is 0 Å². The average Bonchev–Trinajstić information content (AvgIpc) is 3.29. The molecule has 11 nitrogen and oxygen atoms in total. The van der Waals surface area contributed by atoms with Crippen LogP contribution in [0.1, 0.15) is 11.8 Å². The van der Waals surface area contributed by atoms with Crippen molar-refractivity contribution in [3.63, 3.8) is 0 Å². The number of hydrogen-bond donors (Lipinski definition) is 5. The highest BCUT2D eigenvalue weighted by atomic mass is 16.6. The zero-order valence-electron chi connectivity index (χ0n) is 15.6. The van der Waals surface area contributed by atoms with Crippen LogP contribution < -0.4 is 16.4 Å². The fourth-order valence-electron chi connectivity index (χ4n) is 3.24. The van der Waals surface area contributed by atoms with Crippen LogP contribution in [0, 0.1) is 0 Å². The number of rotatable bonds is 5. The van der Waals surface area contributed by atoms with Crippen LogP contribution in [0.5, 0.6) is 0 Å². The lowest BCUT2D eigenvalue weighted by atomic mass is 10.1. The SMILES string of the molecule is CNC(=O)[C@H]1O[C@@H](n2cnc3c(NCc4ccc(N)cc4)ncnc32)[C@H](O)[C@H]1O. The van der Waals surface area contributed by atoms with E-state index in [2.05, 4.69) is 25.6 Å². The second kappa shape index (κ2) is 7.62. The molecule has 1 aliphatic rings. The Labute approximate surface area is 165 Å². The number of nitrogens with two attached hydrogens (primary N) is 1. The first-order chi connectivity index (χ1) is 14.0. The maximum Gasteiger partial charge on any atom is 0.251 e. The van der Waals surface area contributed by atoms with Crippen LogP contribution >= 0.6 is 0 Å². The predicted octanol–water partition coefficient (Wildman–Crippen LogP) is -0.614. The van der Waals surface area contributed by atoms with Gasteiger partial charge in [0.2, 0.25) is 0 Å². The molecule has 0 aliphatic carbocycles. The molecule has 6 N–H and O–H groups in total. The van der Waals surface area contributed by atoms with Gasteiger partial charge < -0.3 is 31.3 Å². The third-order valence-corrected chi connectivity index (χ3v) is 4.82. The van der Waals surface area contributed by atoms with Crippen LogP contribution in [0.4, 0.5) is 11.5 Å². The summed E-state index contributed by atoms with van der Waals surface area (Å²) in [5.74, 6) is -0.0228. The van der Waals surface area contributed by atoms with Gasteiger partial charge in [0.15, 0.2) is 29.3 Å². The second-order valence-corrected chi connectivity index (χ2v) is 6.68. The zero-order chi connectivity index (χ0) is 20.5. The third-order valence-electron chi connectivity index (χ3n) is 4.82. The number of benzene rings is 1. The van der Waals surface area contributed by atoms with Crippen molar-refractivity contribution in [1.29, 1.82) is 0 Å². The minimum Gasteiger partial charge on any atom is -0.399 e. The van der Waals surface area contributed by atoms with Crippen molar-refractivity contribution in [2.45, 2.75) is 31.1 Å². The summed E-state index contributed by atoms with van der Waals surface area (Å²) in [6.45, 7) is 0.499. The van der Waals surface area contributed by atoms with Gasteiger partial charge in [-0.05, 0) is 17.7 Å². The topological polar surface area (TPSA) is 160 Å². The molecule has 0 saturated carbocycles. The Hall–Kier alpha value is -3.28. The molecule has 29 heavy (non-hydrogen) atoms. The number of amides is 1. The van der Waals surface area contributed by atoms with Crippen molar-refractivity contribution in [2.24, 2.45) is 0 Å². The molecule has 0 spiro atoms. The smallest absolute Gasteiger partial charge is 0.251 e. The highest BCUT2D eigenvalue weighted by Crippen LogP contribution is 2.32. The molecule has 2 aromatic heterocycles. The number of anilines is 2. The van der Waals surface area contributed by atoms with Gasteiger partial charge >= 0.3 is 0 Å². The quantitative estimate of drug-likeness (QED) is 0.352. The van der Waals surface area contributed by atoms with E-state index in [-0.39, 0.29) is 0 Å². The van der Waals surface area contributed by atoms with E-state index < -0.39 is 30.4 Å². The molecule has 0 radical (unpaired) electrons. The highest BCUT2D eigenvalue weighted by molar-refractivity contribution is 5.83. The number of carbonyl (C=O) groups excluding carboxylic acids is 1. The molecule has 1 aromatic carbocycles. The van der Waals surface area contributed by atoms with Crippen molar-refractivity contribution in [1.82, 2.24) is 24.8 Å². The molecule has 1 aliphatic heterocycles. The summed E-state index contributed by atoms with van der Waals surface area (Å²) in [5, 5.41) is 26.1. The van der Waals surface area contributed by atoms with E-state index in [1.54, 1.807) is 0 Å². The monoisotopic (exact) mass is 399 g/mol. The lowest BCUT2D eigenvalue weighted by Gasteiger charge is -2.16. The molecule has 1 saturated heterocycles. The van der Waals surface area contributed by atoms with Crippen molar-refractivity contribution < 1.29 is 19.7 Å². The van der Waals surface area contributed by atoms with Gasteiger partial charge in [-0.2, -0.15) is 0 Å². The van der Waals surface area contributed by atoms with Crippen molar-refractivity contribution >= 4 is 28.6 Å². The predicted molar refractivity (Wildman–Crippen MR) is 103 cm³/mol. The Bertz CT molecular complexity index is 1020. The number of aromatic nitrogens is 4. The van der Waals surface area contributed by atoms with Crippen LogP contribution in [0.3, 0.4) is 0 Å². The van der Waals surface area contributed by atoms with Crippen LogP contribution in [0.15, 0.2) is 36.9 Å². The Morgan fingerprint density at radius 1 is 1.21 bits per heavy atom. The van der Waals surface area contributed by atoms with Crippen molar-refractivity contribution in [3.8, 4) is 0 Å². The van der Waals surface area contributed by atoms with Crippen LogP contribution in [-0.4, -0.2) is 61.0 Å². The molecule has 1 amide bonds. The van der Waals surface area contributed by atoms with Crippen LogP contribution in [0.25, 0.3) is 11.2 Å². The minimum absolute atomic E-state index is 0.397. The van der Waals surface area contributed by atoms with E-state index in [1.165, 1.54) is 24.3 Å². The summed E-state index contributed by atoms with van der Waals surface area (Å²) in [6, 6.07) is 7.44. The second-order valence-electron chi connectivity index (χ2n) is 6.68. The molecule has 0 bridgehead atoms. The van der Waals surface area contributed by atoms with Gasteiger partial charge in [0.25, 0.3) is 5.91 Å². The fraction of sp³-hybridized carbons (Fsp3) is 0.333. The van der Waals surface area contributed by atoms with E-state index in [1.807, 2.05) is 24.3 Å². The Morgan fingerprint density at radius 3 is 2.69 bits per heavy atom. The van der Waals surface area contributed by atoms with Crippen molar-refractivity contribution in [2.75, 3.05) is 18.1 Å². The number of likely N-dealkylation sites (N-methyl/N-ethyl adjacent to an activating group) is 1. The first-order valence-corrected chi connectivity index (χ1v) is 8.98. The summed E-state index contributed by atoms with van der Waals surface area (Å²) in [7, 11) is 1.43. The number of hydrogen-bond acceptors (Lipinski definition) is 9. The molecule has 11 heteroatoms. The Morgan fingerprint density at radius 2 is 1.97 bits per heavy atom. The minimum atomic E-state index is -1.37. The number of aliphatic hydroxyl groups is 2. The summed E-state index contributed by atoms with van der Waals surface area (Å²) in [6.07, 6.45) is -2.11. The maximum absolute atomic E-state index is 11.9. The first-order valence-electron chi connectivity index (χ1n) is 8.98. The van der Waals surface area contributed by atoms with Gasteiger partial charge in [0.05, 0.1) is 6.33 Å². The fourth-order valence-corrected chi connectivity index (χ4v) is 3.24. The first kappa shape index (κ1) is 19.1. The standard InChI is InChI=1S/C18H21N7O4/c1-20-17(28)14-12(26)13(27)18(29-14)25-8-24-11-15(22-7-23-16(11)25)21-6-9-2-4-10(19)5-3-9/h2-5,7-8,12-14,18,26-27H,6,19H2,1H3,(H,20,28)(H,21,22,23)/t12-,13-,14+,18-/m1/s1. The Kier molecular flexibility index (Phi) is 5.01. The van der Waals surface area contributed by atoms with Gasteiger partial charge in [0, 0.05) is 19.3 Å². The number of nitrogen functional groups attached to an aromatic ring is 1. The molecular formula is C18H21N7O4. The van der Waals surface area contributed by atoms with Crippen LogP contribution in [-0.2, 0) is 16.1 Å². The third kappa shape index (κ3) is 3.46. The Balaban J connectivity index is 1.59. The van der Waals surface area contributed by atoms with E-state index in [4.69, 9.17) is 10.5 Å². The van der Waals surface area contributed by atoms with Gasteiger partial charge in [-0.25, -0.2) is 15.0 Å². The molecule has 0 unspecified atom stereocenters. The van der Waals surface area contributed by atoms with Crippen molar-refractivity contribution in [3.05, 3.63) is 42.5 Å². The zero-order valence-corrected chi connectivity index (χ0v) is 15.6. The molecule has 4 rings (SSSR count). The molecule has 3 aromatic rings. The van der Waals surface area contributed by atoms with Gasteiger partial charge in [0.1, 0.15) is 18.5 Å². The van der Waals surface area contributed by atoms with E-state index in [0.717, 1.165) is 5.56 Å². The highest BCUT2D eigenvalue weighted by Gasteiger charge is 2.47. The lowest BCUT2D eigenvalue weighted by molar-refractivity contribution is -0.137. The molecule has 3 heterocycles. The van der Waals surface area contributed by atoms with E-state index in [9.17, 15) is 15.0 Å². The maximum atomic E-state index is 11.9. The number of nitrogens with zero attached hydrogens (tertiary/aromatic N) is 4. The summed E-state index contributed by atoms with van der Waals surface area (Å²) in [5.41, 5.74) is 8.26. The summed E-state index contributed by atoms with van der Waals surface area (Å²) < 4.78 is 7.06. The average molecular weight is 399 g/mol. The number of aliphatic hydroxyl groups excluding tert-OH is 2. The van der Waals surface area contributed by atoms with Gasteiger partial charge in [-0.1, -0.05) is 12.1 Å². The summed E-state index contributed by atoms with van der Waals surface area (Å²) in [4.78, 5) is 24.6. The number of fused-ring (bicyclic) bond motifs is 1. The largest absolute Gasteiger partial charge is 0.399 e. The molecule has 1 fully saturated rings. The number of nitrogens with one attached hydrogen (secondary N) is 2.